The summed E-state index contributed by atoms with van der Waals surface area (Å²) in [4.78, 5) is 26.6. The number of carbonyl (C=O) groups is 1. The number of aromatic amines is 1. The second-order valence-corrected chi connectivity index (χ2v) is 7.83. The van der Waals surface area contributed by atoms with E-state index in [1.165, 1.54) is 18.3 Å². The molecule has 3 unspecified atom stereocenters. The van der Waals surface area contributed by atoms with E-state index in [1.807, 2.05) is 6.92 Å². The van der Waals surface area contributed by atoms with Gasteiger partial charge in [-0.3, -0.25) is 9.59 Å². The normalized spacial score (nSPS) is 21.8. The standard InChI is InChI=1S/C22H25F3N2O3/c1-3-14-5-4-13(2)18(10-14)30-19-11-15(22(23,24)25)6-7-17(19)21(29)27-16-8-9-26-20(28)12-16/h6-9,11-14,18H,3-5,10H2,1-2H3,(H2,26,27,28,29). The zero-order chi connectivity index (χ0) is 21.9. The van der Waals surface area contributed by atoms with Crippen molar-refractivity contribution in [1.82, 2.24) is 4.98 Å². The molecule has 162 valence electrons. The van der Waals surface area contributed by atoms with Gasteiger partial charge in [0.15, 0.2) is 0 Å². The van der Waals surface area contributed by atoms with Crippen molar-refractivity contribution < 1.29 is 22.7 Å². The van der Waals surface area contributed by atoms with Crippen molar-refractivity contribution in [3.8, 4) is 5.75 Å². The monoisotopic (exact) mass is 422 g/mol. The Bertz CT molecular complexity index is 955. The lowest BCUT2D eigenvalue weighted by molar-refractivity contribution is -0.137. The van der Waals surface area contributed by atoms with Crippen LogP contribution < -0.4 is 15.6 Å². The third-order valence-corrected chi connectivity index (χ3v) is 5.67. The van der Waals surface area contributed by atoms with E-state index in [4.69, 9.17) is 4.74 Å². The Morgan fingerprint density at radius 3 is 2.67 bits per heavy atom. The number of carbonyl (C=O) groups excluding carboxylic acids is 1. The van der Waals surface area contributed by atoms with Crippen LogP contribution in [0, 0.1) is 11.8 Å². The van der Waals surface area contributed by atoms with Crippen LogP contribution in [-0.4, -0.2) is 17.0 Å². The molecule has 1 aromatic heterocycles. The molecule has 8 heteroatoms. The van der Waals surface area contributed by atoms with Gasteiger partial charge in [-0.05, 0) is 55.4 Å². The lowest BCUT2D eigenvalue weighted by Gasteiger charge is -2.34. The number of hydrogen-bond acceptors (Lipinski definition) is 3. The zero-order valence-electron chi connectivity index (χ0n) is 16.9. The van der Waals surface area contributed by atoms with Gasteiger partial charge in [0.05, 0.1) is 11.1 Å². The second kappa shape index (κ2) is 8.93. The smallest absolute Gasteiger partial charge is 0.416 e. The number of anilines is 1. The highest BCUT2D eigenvalue weighted by Crippen LogP contribution is 2.37. The van der Waals surface area contributed by atoms with Gasteiger partial charge in [-0.15, -0.1) is 0 Å². The second-order valence-electron chi connectivity index (χ2n) is 7.83. The largest absolute Gasteiger partial charge is 0.489 e. The summed E-state index contributed by atoms with van der Waals surface area (Å²) in [6.07, 6.45) is 0.264. The summed E-state index contributed by atoms with van der Waals surface area (Å²) in [5.41, 5.74) is -1.04. The van der Waals surface area contributed by atoms with E-state index in [1.54, 1.807) is 0 Å². The van der Waals surface area contributed by atoms with E-state index in [9.17, 15) is 22.8 Å². The number of hydrogen-bond donors (Lipinski definition) is 2. The van der Waals surface area contributed by atoms with Crippen molar-refractivity contribution in [2.45, 2.75) is 51.8 Å². The molecule has 1 amide bonds. The summed E-state index contributed by atoms with van der Waals surface area (Å²) in [6, 6.07) is 5.54. The number of aromatic nitrogens is 1. The van der Waals surface area contributed by atoms with Crippen molar-refractivity contribution in [2.75, 3.05) is 5.32 Å². The molecular formula is C22H25F3N2O3. The van der Waals surface area contributed by atoms with E-state index >= 15 is 0 Å². The van der Waals surface area contributed by atoms with Crippen molar-refractivity contribution in [1.29, 1.82) is 0 Å². The first-order valence-corrected chi connectivity index (χ1v) is 10.1. The molecule has 0 bridgehead atoms. The Morgan fingerprint density at radius 2 is 2.00 bits per heavy atom. The first-order valence-electron chi connectivity index (χ1n) is 10.1. The van der Waals surface area contributed by atoms with E-state index < -0.39 is 23.2 Å². The fourth-order valence-corrected chi connectivity index (χ4v) is 3.77. The molecular weight excluding hydrogens is 397 g/mol. The number of H-pyrrole nitrogens is 1. The van der Waals surface area contributed by atoms with E-state index in [2.05, 4.69) is 17.2 Å². The number of benzene rings is 1. The van der Waals surface area contributed by atoms with Crippen LogP contribution in [0.5, 0.6) is 5.75 Å². The number of halogens is 3. The Morgan fingerprint density at radius 1 is 1.23 bits per heavy atom. The van der Waals surface area contributed by atoms with Crippen molar-refractivity contribution >= 4 is 11.6 Å². The van der Waals surface area contributed by atoms with Crippen LogP contribution in [0.4, 0.5) is 18.9 Å². The molecule has 3 atom stereocenters. The number of pyridine rings is 1. The highest BCUT2D eigenvalue weighted by atomic mass is 19.4. The van der Waals surface area contributed by atoms with Crippen molar-refractivity contribution in [2.24, 2.45) is 11.8 Å². The summed E-state index contributed by atoms with van der Waals surface area (Å²) in [6.45, 7) is 4.10. The maximum atomic E-state index is 13.3. The average Bonchev–Trinajstić information content (AvgIpc) is 2.69. The molecule has 1 aliphatic rings. The van der Waals surface area contributed by atoms with Gasteiger partial charge in [0.2, 0.25) is 5.56 Å². The SMILES string of the molecule is CCC1CCC(C)C(Oc2cc(C(F)(F)F)ccc2C(=O)Nc2cc[nH]c(=O)c2)C1. The first kappa shape index (κ1) is 21.9. The maximum absolute atomic E-state index is 13.3. The number of rotatable bonds is 5. The Labute approximate surface area is 172 Å². The molecule has 30 heavy (non-hydrogen) atoms. The van der Waals surface area contributed by atoms with Crippen LogP contribution in [0.3, 0.4) is 0 Å². The third kappa shape index (κ3) is 5.23. The van der Waals surface area contributed by atoms with Crippen LogP contribution in [0.2, 0.25) is 0 Å². The Kier molecular flexibility index (Phi) is 6.53. The first-order chi connectivity index (χ1) is 14.2. The summed E-state index contributed by atoms with van der Waals surface area (Å²) in [5, 5.41) is 2.55. The zero-order valence-corrected chi connectivity index (χ0v) is 16.9. The van der Waals surface area contributed by atoms with Crippen LogP contribution in [0.25, 0.3) is 0 Å². The molecule has 0 radical (unpaired) electrons. The lowest BCUT2D eigenvalue weighted by Crippen LogP contribution is -2.33. The fourth-order valence-electron chi connectivity index (χ4n) is 3.77. The number of nitrogens with one attached hydrogen (secondary N) is 2. The predicted octanol–water partition coefficient (Wildman–Crippen LogP) is 5.24. The van der Waals surface area contributed by atoms with Gasteiger partial charge in [0.1, 0.15) is 11.9 Å². The molecule has 1 saturated carbocycles. The third-order valence-electron chi connectivity index (χ3n) is 5.67. The molecule has 0 spiro atoms. The number of amides is 1. The highest BCUT2D eigenvalue weighted by Gasteiger charge is 2.34. The number of ether oxygens (including phenoxy) is 1. The molecule has 2 N–H and O–H groups in total. The number of alkyl halides is 3. The van der Waals surface area contributed by atoms with Gasteiger partial charge in [-0.2, -0.15) is 13.2 Å². The van der Waals surface area contributed by atoms with Crippen LogP contribution >= 0.6 is 0 Å². The molecule has 1 fully saturated rings. The minimum Gasteiger partial charge on any atom is -0.489 e. The molecule has 2 aromatic rings. The summed E-state index contributed by atoms with van der Waals surface area (Å²) in [7, 11) is 0. The van der Waals surface area contributed by atoms with E-state index in [-0.39, 0.29) is 29.0 Å². The van der Waals surface area contributed by atoms with Crippen LogP contribution in [0.1, 0.15) is 55.5 Å². The maximum Gasteiger partial charge on any atom is 0.416 e. The molecule has 1 aromatic carbocycles. The van der Waals surface area contributed by atoms with Gasteiger partial charge in [-0.25, -0.2) is 0 Å². The highest BCUT2D eigenvalue weighted by molar-refractivity contribution is 6.06. The van der Waals surface area contributed by atoms with E-state index in [0.717, 1.165) is 43.9 Å². The van der Waals surface area contributed by atoms with Gasteiger partial charge in [0.25, 0.3) is 5.91 Å². The Hall–Kier alpha value is -2.77. The lowest BCUT2D eigenvalue weighted by atomic mass is 9.79. The molecule has 5 nitrogen and oxygen atoms in total. The molecule has 1 heterocycles. The van der Waals surface area contributed by atoms with Crippen LogP contribution in [0.15, 0.2) is 41.3 Å². The Balaban J connectivity index is 1.92. The topological polar surface area (TPSA) is 71.2 Å². The van der Waals surface area contributed by atoms with Crippen molar-refractivity contribution in [3.63, 3.8) is 0 Å². The predicted molar refractivity (Wildman–Crippen MR) is 108 cm³/mol. The minimum atomic E-state index is -4.55. The summed E-state index contributed by atoms with van der Waals surface area (Å²) < 4.78 is 45.8. The molecule has 0 aliphatic heterocycles. The summed E-state index contributed by atoms with van der Waals surface area (Å²) >= 11 is 0. The van der Waals surface area contributed by atoms with Gasteiger partial charge in [0, 0.05) is 18.0 Å². The molecule has 3 rings (SSSR count). The minimum absolute atomic E-state index is 0.00546. The van der Waals surface area contributed by atoms with Crippen molar-refractivity contribution in [3.05, 3.63) is 58.0 Å². The van der Waals surface area contributed by atoms with Gasteiger partial charge in [-0.1, -0.05) is 20.3 Å². The van der Waals surface area contributed by atoms with Gasteiger partial charge < -0.3 is 15.0 Å². The molecule has 0 saturated heterocycles. The molecule has 1 aliphatic carbocycles. The van der Waals surface area contributed by atoms with E-state index in [0.29, 0.717) is 5.92 Å². The van der Waals surface area contributed by atoms with Crippen LogP contribution in [-0.2, 0) is 6.18 Å². The summed E-state index contributed by atoms with van der Waals surface area (Å²) in [5.74, 6) is -0.114. The fraction of sp³-hybridized carbons (Fsp3) is 0.455. The quantitative estimate of drug-likeness (QED) is 0.692. The average molecular weight is 422 g/mol. The van der Waals surface area contributed by atoms with Gasteiger partial charge >= 0.3 is 6.18 Å².